The van der Waals surface area contributed by atoms with Crippen LogP contribution in [0.5, 0.6) is 0 Å². The first-order valence-electron chi connectivity index (χ1n) is 10.6. The number of carbonyl (C=O) groups excluding carboxylic acids is 1. The molecule has 0 aliphatic heterocycles. The number of rotatable bonds is 5. The molecule has 0 aliphatic carbocycles. The van der Waals surface area contributed by atoms with Crippen molar-refractivity contribution in [3.63, 3.8) is 0 Å². The number of urea groups is 1. The van der Waals surface area contributed by atoms with Crippen LogP contribution in [0, 0.1) is 20.8 Å². The Kier molecular flexibility index (Phi) is 6.08. The highest BCUT2D eigenvalue weighted by Gasteiger charge is 2.18. The fourth-order valence-corrected chi connectivity index (χ4v) is 3.75. The van der Waals surface area contributed by atoms with E-state index in [0.717, 1.165) is 27.9 Å². The minimum absolute atomic E-state index is 0.118. The lowest BCUT2D eigenvalue weighted by atomic mass is 10.1. The molecule has 5 nitrogen and oxygen atoms in total. The fourth-order valence-electron chi connectivity index (χ4n) is 3.75. The number of fused-ring (bicyclic) bond motifs is 1. The molecule has 4 rings (SSSR count). The van der Waals surface area contributed by atoms with Crippen molar-refractivity contribution in [1.82, 2.24) is 4.90 Å². The molecule has 1 N–H and O–H groups in total. The minimum atomic E-state index is -0.274. The number of benzene rings is 3. The predicted octanol–water partition coefficient (Wildman–Crippen LogP) is 5.95. The lowest BCUT2D eigenvalue weighted by Gasteiger charge is -2.24. The van der Waals surface area contributed by atoms with E-state index in [9.17, 15) is 9.59 Å². The van der Waals surface area contributed by atoms with Gasteiger partial charge in [0.1, 0.15) is 5.58 Å². The van der Waals surface area contributed by atoms with Crippen LogP contribution in [0.2, 0.25) is 0 Å². The predicted molar refractivity (Wildman–Crippen MR) is 128 cm³/mol. The molecule has 5 heteroatoms. The third-order valence-corrected chi connectivity index (χ3v) is 5.49. The maximum Gasteiger partial charge on any atom is 0.322 e. The molecule has 4 aromatic rings. The number of hydrogen-bond donors (Lipinski definition) is 1. The summed E-state index contributed by atoms with van der Waals surface area (Å²) in [5.74, 6) is 0. The van der Waals surface area contributed by atoms with Crippen LogP contribution >= 0.6 is 0 Å². The van der Waals surface area contributed by atoms with E-state index in [-0.39, 0.29) is 18.0 Å². The van der Waals surface area contributed by atoms with Crippen molar-refractivity contribution in [3.05, 3.63) is 111 Å². The smallest absolute Gasteiger partial charge is 0.322 e. The number of nitrogens with zero attached hydrogens (tertiary/aromatic N) is 1. The van der Waals surface area contributed by atoms with Crippen LogP contribution in [0.3, 0.4) is 0 Å². The summed E-state index contributed by atoms with van der Waals surface area (Å²) in [4.78, 5) is 28.0. The molecule has 1 heterocycles. The molecule has 3 aromatic carbocycles. The van der Waals surface area contributed by atoms with E-state index >= 15 is 0 Å². The average Bonchev–Trinajstić information content (AvgIpc) is 2.78. The Morgan fingerprint density at radius 1 is 0.906 bits per heavy atom. The summed E-state index contributed by atoms with van der Waals surface area (Å²) in [5.41, 5.74) is 5.69. The zero-order valence-electron chi connectivity index (χ0n) is 18.5. The van der Waals surface area contributed by atoms with E-state index in [1.54, 1.807) is 11.0 Å². The second-order valence-corrected chi connectivity index (χ2v) is 8.18. The van der Waals surface area contributed by atoms with Gasteiger partial charge in [-0.15, -0.1) is 0 Å². The van der Waals surface area contributed by atoms with Gasteiger partial charge in [-0.25, -0.2) is 4.79 Å². The summed E-state index contributed by atoms with van der Waals surface area (Å²) in [5, 5.41) is 3.52. The molecule has 1 aromatic heterocycles. The van der Waals surface area contributed by atoms with Crippen LogP contribution in [0.1, 0.15) is 27.8 Å². The first-order chi connectivity index (χ1) is 15.4. The summed E-state index contributed by atoms with van der Waals surface area (Å²) >= 11 is 0. The molecule has 0 saturated heterocycles. The normalized spacial score (nSPS) is 10.8. The summed E-state index contributed by atoms with van der Waals surface area (Å²) in [6.45, 7) is 6.41. The third-order valence-electron chi connectivity index (χ3n) is 5.49. The minimum Gasteiger partial charge on any atom is -0.464 e. The molecule has 0 radical (unpaired) electrons. The molecule has 0 spiro atoms. The number of nitrogens with one attached hydrogen (secondary N) is 1. The molecule has 32 heavy (non-hydrogen) atoms. The Morgan fingerprint density at radius 2 is 1.62 bits per heavy atom. The summed E-state index contributed by atoms with van der Waals surface area (Å²) in [6.07, 6.45) is 1.46. The van der Waals surface area contributed by atoms with Crippen molar-refractivity contribution in [3.8, 4) is 0 Å². The van der Waals surface area contributed by atoms with Gasteiger partial charge in [0.2, 0.25) is 0 Å². The zero-order valence-corrected chi connectivity index (χ0v) is 18.5. The molecule has 2 amide bonds. The van der Waals surface area contributed by atoms with E-state index in [1.807, 2.05) is 81.4 Å². The second kappa shape index (κ2) is 9.10. The molecular formula is C27H26N2O3. The second-order valence-electron chi connectivity index (χ2n) is 8.18. The SMILES string of the molecule is Cc1ccc(NC(=O)N(Cc2ccccc2)Cc2coc3ccc(C)cc3c2=O)c(C)c1. The van der Waals surface area contributed by atoms with Gasteiger partial charge in [-0.05, 0) is 50.1 Å². The van der Waals surface area contributed by atoms with Crippen LogP contribution in [0.15, 0.2) is 82.2 Å². The quantitative estimate of drug-likeness (QED) is 0.429. The lowest BCUT2D eigenvalue weighted by molar-refractivity contribution is 0.206. The summed E-state index contributed by atoms with van der Waals surface area (Å²) < 4.78 is 5.70. The Labute approximate surface area is 187 Å². The number of amides is 2. The van der Waals surface area contributed by atoms with E-state index in [1.165, 1.54) is 6.26 Å². The van der Waals surface area contributed by atoms with Gasteiger partial charge >= 0.3 is 6.03 Å². The molecule has 0 bridgehead atoms. The van der Waals surface area contributed by atoms with Gasteiger partial charge in [-0.3, -0.25) is 4.79 Å². The Hall–Kier alpha value is -3.86. The standard InChI is InChI=1S/C27H26N2O3/c1-18-9-11-24(20(3)13-18)28-27(31)29(15-21-7-5-4-6-8-21)16-22-17-32-25-12-10-19(2)14-23(25)26(22)30/h4-14,17H,15-16H2,1-3H3,(H,28,31). The summed E-state index contributed by atoms with van der Waals surface area (Å²) in [7, 11) is 0. The van der Waals surface area contributed by atoms with Crippen molar-refractivity contribution < 1.29 is 9.21 Å². The van der Waals surface area contributed by atoms with Crippen LogP contribution in [-0.4, -0.2) is 10.9 Å². The van der Waals surface area contributed by atoms with Crippen molar-refractivity contribution >= 4 is 22.7 Å². The average molecular weight is 427 g/mol. The van der Waals surface area contributed by atoms with Gasteiger partial charge in [-0.1, -0.05) is 59.7 Å². The van der Waals surface area contributed by atoms with Gasteiger partial charge in [0.25, 0.3) is 0 Å². The first kappa shape index (κ1) is 21.4. The van der Waals surface area contributed by atoms with E-state index in [0.29, 0.717) is 23.1 Å². The molecule has 0 aliphatic rings. The Morgan fingerprint density at radius 3 is 2.38 bits per heavy atom. The number of anilines is 1. The monoisotopic (exact) mass is 426 g/mol. The highest BCUT2D eigenvalue weighted by atomic mass is 16.3. The van der Waals surface area contributed by atoms with Gasteiger partial charge in [0, 0.05) is 12.2 Å². The number of aryl methyl sites for hydroxylation is 3. The van der Waals surface area contributed by atoms with Crippen LogP contribution < -0.4 is 10.7 Å². The van der Waals surface area contributed by atoms with E-state index < -0.39 is 0 Å². The molecule has 162 valence electrons. The van der Waals surface area contributed by atoms with Crippen LogP contribution in [0.25, 0.3) is 11.0 Å². The van der Waals surface area contributed by atoms with Gasteiger partial charge in [0.15, 0.2) is 5.43 Å². The largest absolute Gasteiger partial charge is 0.464 e. The van der Waals surface area contributed by atoms with Crippen molar-refractivity contribution in [2.75, 3.05) is 5.32 Å². The van der Waals surface area contributed by atoms with E-state index in [4.69, 9.17) is 4.42 Å². The topological polar surface area (TPSA) is 62.6 Å². The maximum absolute atomic E-state index is 13.3. The molecule has 0 fully saturated rings. The summed E-state index contributed by atoms with van der Waals surface area (Å²) in [6, 6.07) is 20.9. The third kappa shape index (κ3) is 4.72. The maximum atomic E-state index is 13.3. The van der Waals surface area contributed by atoms with E-state index in [2.05, 4.69) is 5.32 Å². The molecular weight excluding hydrogens is 400 g/mol. The molecule has 0 unspecified atom stereocenters. The van der Waals surface area contributed by atoms with Crippen molar-refractivity contribution in [2.24, 2.45) is 0 Å². The van der Waals surface area contributed by atoms with Crippen molar-refractivity contribution in [1.29, 1.82) is 0 Å². The van der Waals surface area contributed by atoms with Crippen molar-refractivity contribution in [2.45, 2.75) is 33.9 Å². The first-order valence-corrected chi connectivity index (χ1v) is 10.6. The Bertz CT molecular complexity index is 1330. The van der Waals surface area contributed by atoms with Gasteiger partial charge < -0.3 is 14.6 Å². The highest BCUT2D eigenvalue weighted by molar-refractivity contribution is 5.90. The Balaban J connectivity index is 1.66. The highest BCUT2D eigenvalue weighted by Crippen LogP contribution is 2.19. The van der Waals surface area contributed by atoms with Gasteiger partial charge in [0.05, 0.1) is 23.8 Å². The number of carbonyl (C=O) groups is 1. The van der Waals surface area contributed by atoms with Gasteiger partial charge in [-0.2, -0.15) is 0 Å². The van der Waals surface area contributed by atoms with Crippen LogP contribution in [0.4, 0.5) is 10.5 Å². The molecule has 0 saturated carbocycles. The number of hydrogen-bond acceptors (Lipinski definition) is 3. The fraction of sp³-hybridized carbons (Fsp3) is 0.185. The zero-order chi connectivity index (χ0) is 22.7. The molecule has 0 atom stereocenters. The van der Waals surface area contributed by atoms with Crippen LogP contribution in [-0.2, 0) is 13.1 Å². The lowest BCUT2D eigenvalue weighted by Crippen LogP contribution is -2.35.